The molecule has 7 heteroatoms. The monoisotopic (exact) mass is 297 g/mol. The molecular formula is C15H15N5O2. The van der Waals surface area contributed by atoms with Gasteiger partial charge in [0, 0.05) is 25.1 Å². The Kier molecular flexibility index (Phi) is 3.00. The van der Waals surface area contributed by atoms with E-state index >= 15 is 0 Å². The van der Waals surface area contributed by atoms with Crippen molar-refractivity contribution in [2.24, 2.45) is 0 Å². The Bertz CT molecular complexity index is 771. The molecule has 22 heavy (non-hydrogen) atoms. The molecule has 0 bridgehead atoms. The average molecular weight is 297 g/mol. The molecule has 0 saturated heterocycles. The SMILES string of the molecule is COC1(c2noc(-c3cn[nH]c3-c3cccnc3)n2)CCC1. The van der Waals surface area contributed by atoms with Crippen LogP contribution in [-0.4, -0.2) is 32.4 Å². The summed E-state index contributed by atoms with van der Waals surface area (Å²) in [7, 11) is 1.69. The van der Waals surface area contributed by atoms with E-state index in [0.717, 1.165) is 36.1 Å². The number of aromatic nitrogens is 5. The molecule has 1 aliphatic rings. The summed E-state index contributed by atoms with van der Waals surface area (Å²) in [5.41, 5.74) is 2.10. The number of nitrogens with one attached hydrogen (secondary N) is 1. The lowest BCUT2D eigenvalue weighted by Crippen LogP contribution is -2.37. The Hall–Kier alpha value is -2.54. The quantitative estimate of drug-likeness (QED) is 0.796. The van der Waals surface area contributed by atoms with Crippen LogP contribution in [0.15, 0.2) is 35.2 Å². The van der Waals surface area contributed by atoms with Crippen molar-refractivity contribution < 1.29 is 9.26 Å². The number of nitrogens with zero attached hydrogens (tertiary/aromatic N) is 4. The van der Waals surface area contributed by atoms with Crippen LogP contribution in [0.3, 0.4) is 0 Å². The van der Waals surface area contributed by atoms with Crippen LogP contribution < -0.4 is 0 Å². The molecular weight excluding hydrogens is 282 g/mol. The highest BCUT2D eigenvalue weighted by atomic mass is 16.5. The van der Waals surface area contributed by atoms with Gasteiger partial charge in [-0.1, -0.05) is 5.16 Å². The third-order valence-corrected chi connectivity index (χ3v) is 4.21. The van der Waals surface area contributed by atoms with E-state index in [1.165, 1.54) is 0 Å². The third kappa shape index (κ3) is 1.93. The van der Waals surface area contributed by atoms with Crippen molar-refractivity contribution in [2.75, 3.05) is 7.11 Å². The first kappa shape index (κ1) is 13.1. The highest BCUT2D eigenvalue weighted by Gasteiger charge is 2.43. The summed E-state index contributed by atoms with van der Waals surface area (Å²) in [5, 5.41) is 11.2. The van der Waals surface area contributed by atoms with Crippen molar-refractivity contribution >= 4 is 0 Å². The van der Waals surface area contributed by atoms with E-state index in [2.05, 4.69) is 25.3 Å². The Morgan fingerprint density at radius 2 is 2.23 bits per heavy atom. The fourth-order valence-corrected chi connectivity index (χ4v) is 2.71. The van der Waals surface area contributed by atoms with Crippen LogP contribution >= 0.6 is 0 Å². The molecule has 112 valence electrons. The summed E-state index contributed by atoms with van der Waals surface area (Å²) >= 11 is 0. The van der Waals surface area contributed by atoms with Crippen LogP contribution in [0.1, 0.15) is 25.1 Å². The van der Waals surface area contributed by atoms with E-state index in [4.69, 9.17) is 9.26 Å². The molecule has 3 aromatic rings. The van der Waals surface area contributed by atoms with Gasteiger partial charge in [-0.05, 0) is 31.4 Å². The van der Waals surface area contributed by atoms with E-state index in [0.29, 0.717) is 11.7 Å². The number of methoxy groups -OCH3 is 1. The average Bonchev–Trinajstić information content (AvgIpc) is 3.16. The van der Waals surface area contributed by atoms with Crippen LogP contribution in [0.5, 0.6) is 0 Å². The Labute approximate surface area is 126 Å². The fourth-order valence-electron chi connectivity index (χ4n) is 2.71. The first-order valence-corrected chi connectivity index (χ1v) is 7.16. The lowest BCUT2D eigenvalue weighted by atomic mass is 9.79. The maximum absolute atomic E-state index is 5.59. The standard InChI is InChI=1S/C15H15N5O2/c1-21-15(5-3-6-15)14-18-13(22-20-14)11-9-17-19-12(11)10-4-2-7-16-8-10/h2,4,7-9H,3,5-6H2,1H3,(H,17,19). The summed E-state index contributed by atoms with van der Waals surface area (Å²) in [6.07, 6.45) is 8.12. The van der Waals surface area contributed by atoms with Gasteiger partial charge in [0.15, 0.2) is 0 Å². The minimum absolute atomic E-state index is 0.389. The van der Waals surface area contributed by atoms with Crippen molar-refractivity contribution in [3.63, 3.8) is 0 Å². The smallest absolute Gasteiger partial charge is 0.261 e. The molecule has 0 aliphatic heterocycles. The normalized spacial score (nSPS) is 16.4. The minimum atomic E-state index is -0.389. The van der Waals surface area contributed by atoms with Gasteiger partial charge < -0.3 is 9.26 Å². The van der Waals surface area contributed by atoms with Gasteiger partial charge in [-0.2, -0.15) is 10.1 Å². The summed E-state index contributed by atoms with van der Waals surface area (Å²) < 4.78 is 11.0. The Morgan fingerprint density at radius 3 is 2.91 bits per heavy atom. The molecule has 0 aromatic carbocycles. The van der Waals surface area contributed by atoms with Gasteiger partial charge in [0.25, 0.3) is 5.89 Å². The molecule has 3 aromatic heterocycles. The maximum atomic E-state index is 5.59. The predicted molar refractivity (Wildman–Crippen MR) is 77.6 cm³/mol. The zero-order chi connectivity index (χ0) is 15.0. The lowest BCUT2D eigenvalue weighted by molar-refractivity contribution is -0.0858. The Balaban J connectivity index is 1.72. The summed E-state index contributed by atoms with van der Waals surface area (Å²) in [4.78, 5) is 8.64. The first-order chi connectivity index (χ1) is 10.8. The Morgan fingerprint density at radius 1 is 1.32 bits per heavy atom. The zero-order valence-electron chi connectivity index (χ0n) is 12.1. The van der Waals surface area contributed by atoms with Gasteiger partial charge in [-0.15, -0.1) is 0 Å². The van der Waals surface area contributed by atoms with Gasteiger partial charge in [0.2, 0.25) is 5.82 Å². The molecule has 0 radical (unpaired) electrons. The molecule has 7 nitrogen and oxygen atoms in total. The van der Waals surface area contributed by atoms with Crippen LogP contribution in [0.2, 0.25) is 0 Å². The van der Waals surface area contributed by atoms with E-state index in [1.807, 2.05) is 12.1 Å². The van der Waals surface area contributed by atoms with Gasteiger partial charge in [0.1, 0.15) is 5.60 Å². The number of hydrogen-bond acceptors (Lipinski definition) is 6. The number of H-pyrrole nitrogens is 1. The van der Waals surface area contributed by atoms with Crippen molar-refractivity contribution in [2.45, 2.75) is 24.9 Å². The minimum Gasteiger partial charge on any atom is -0.370 e. The largest absolute Gasteiger partial charge is 0.370 e. The van der Waals surface area contributed by atoms with E-state index in [-0.39, 0.29) is 5.60 Å². The van der Waals surface area contributed by atoms with Gasteiger partial charge in [-0.25, -0.2) is 0 Å². The zero-order valence-corrected chi connectivity index (χ0v) is 12.1. The second-order valence-corrected chi connectivity index (χ2v) is 5.38. The number of pyridine rings is 1. The van der Waals surface area contributed by atoms with Crippen molar-refractivity contribution in [1.82, 2.24) is 25.3 Å². The van der Waals surface area contributed by atoms with Crippen molar-refractivity contribution in [3.05, 3.63) is 36.5 Å². The van der Waals surface area contributed by atoms with E-state index in [9.17, 15) is 0 Å². The highest BCUT2D eigenvalue weighted by Crippen LogP contribution is 2.43. The van der Waals surface area contributed by atoms with E-state index in [1.54, 1.807) is 25.7 Å². The second-order valence-electron chi connectivity index (χ2n) is 5.38. The molecule has 0 spiro atoms. The second kappa shape index (κ2) is 5.03. The number of rotatable bonds is 4. The molecule has 3 heterocycles. The van der Waals surface area contributed by atoms with Gasteiger partial charge in [-0.3, -0.25) is 10.1 Å². The molecule has 0 amide bonds. The van der Waals surface area contributed by atoms with Crippen LogP contribution in [0, 0.1) is 0 Å². The predicted octanol–water partition coefficient (Wildman–Crippen LogP) is 2.55. The first-order valence-electron chi connectivity index (χ1n) is 7.16. The fraction of sp³-hybridized carbons (Fsp3) is 0.333. The summed E-state index contributed by atoms with van der Waals surface area (Å²) in [5.74, 6) is 1.04. The number of ether oxygens (including phenoxy) is 1. The number of aromatic amines is 1. The van der Waals surface area contributed by atoms with Crippen LogP contribution in [0.4, 0.5) is 0 Å². The molecule has 1 aliphatic carbocycles. The summed E-state index contributed by atoms with van der Waals surface area (Å²) in [6, 6.07) is 3.82. The maximum Gasteiger partial charge on any atom is 0.261 e. The van der Waals surface area contributed by atoms with Gasteiger partial charge in [0.05, 0.1) is 17.5 Å². The van der Waals surface area contributed by atoms with Crippen molar-refractivity contribution in [3.8, 4) is 22.7 Å². The third-order valence-electron chi connectivity index (χ3n) is 4.21. The van der Waals surface area contributed by atoms with Crippen LogP contribution in [0.25, 0.3) is 22.7 Å². The lowest BCUT2D eigenvalue weighted by Gasteiger charge is -2.37. The molecule has 0 atom stereocenters. The molecule has 0 unspecified atom stereocenters. The molecule has 1 saturated carbocycles. The molecule has 1 N–H and O–H groups in total. The van der Waals surface area contributed by atoms with E-state index < -0.39 is 0 Å². The highest BCUT2D eigenvalue weighted by molar-refractivity contribution is 5.75. The molecule has 4 rings (SSSR count). The van der Waals surface area contributed by atoms with Gasteiger partial charge >= 0.3 is 0 Å². The van der Waals surface area contributed by atoms with Crippen LogP contribution in [-0.2, 0) is 10.3 Å². The van der Waals surface area contributed by atoms with Crippen molar-refractivity contribution in [1.29, 1.82) is 0 Å². The molecule has 1 fully saturated rings. The topological polar surface area (TPSA) is 89.7 Å². The summed E-state index contributed by atoms with van der Waals surface area (Å²) in [6.45, 7) is 0. The number of hydrogen-bond donors (Lipinski definition) is 1.